The van der Waals surface area contributed by atoms with Gasteiger partial charge >= 0.3 is 5.97 Å². The van der Waals surface area contributed by atoms with Crippen LogP contribution in [0.2, 0.25) is 0 Å². The maximum Gasteiger partial charge on any atom is 0.335 e. The van der Waals surface area contributed by atoms with Crippen LogP contribution < -0.4 is 5.73 Å². The zero-order valence-electron chi connectivity index (χ0n) is 13.8. The summed E-state index contributed by atoms with van der Waals surface area (Å²) in [5.41, 5.74) is 10.4. The van der Waals surface area contributed by atoms with Gasteiger partial charge in [0, 0.05) is 18.1 Å². The molecule has 0 fully saturated rings. The number of hydrogen-bond acceptors (Lipinski definition) is 2. The Bertz CT molecular complexity index is 686. The highest BCUT2D eigenvalue weighted by atomic mass is 16.4. The number of carbonyl (C=O) groups is 1. The van der Waals surface area contributed by atoms with E-state index in [1.54, 1.807) is 6.07 Å². The monoisotopic (exact) mass is 302 g/mol. The molecule has 0 aliphatic rings. The normalized spacial score (nSPS) is 11.3. The maximum atomic E-state index is 11.5. The van der Waals surface area contributed by atoms with Crippen LogP contribution in [0.1, 0.15) is 53.2 Å². The number of benzene rings is 1. The van der Waals surface area contributed by atoms with Crippen molar-refractivity contribution in [2.45, 2.75) is 53.0 Å². The predicted octanol–water partition coefficient (Wildman–Crippen LogP) is 3.65. The fourth-order valence-electron chi connectivity index (χ4n) is 3.19. The van der Waals surface area contributed by atoms with Crippen LogP contribution >= 0.6 is 0 Å². The molecule has 4 nitrogen and oxygen atoms in total. The second kappa shape index (κ2) is 6.97. The minimum absolute atomic E-state index is 0.409. The van der Waals surface area contributed by atoms with Crippen LogP contribution in [0.4, 0.5) is 0 Å². The van der Waals surface area contributed by atoms with E-state index >= 15 is 0 Å². The lowest BCUT2D eigenvalue weighted by atomic mass is 9.96. The number of aromatic nitrogens is 1. The standard InChI is InChI=1S/C18H26N2O2/c1-4-5-9-20-11-14(7-6-8-19)16-13(3)15(18(21)22)10-12(2)17(16)20/h10-11H,4-9,19H2,1-3H3,(H,21,22). The lowest BCUT2D eigenvalue weighted by Crippen LogP contribution is -2.04. The van der Waals surface area contributed by atoms with Crippen molar-refractivity contribution in [3.05, 3.63) is 34.5 Å². The Kier molecular flexibility index (Phi) is 5.24. The highest BCUT2D eigenvalue weighted by Crippen LogP contribution is 2.31. The van der Waals surface area contributed by atoms with E-state index in [1.807, 2.05) is 13.8 Å². The van der Waals surface area contributed by atoms with Gasteiger partial charge in [-0.05, 0) is 62.4 Å². The van der Waals surface area contributed by atoms with Gasteiger partial charge in [-0.25, -0.2) is 4.79 Å². The Morgan fingerprint density at radius 1 is 1.32 bits per heavy atom. The van der Waals surface area contributed by atoms with Gasteiger partial charge in [0.1, 0.15) is 0 Å². The molecule has 2 aromatic rings. The molecule has 120 valence electrons. The van der Waals surface area contributed by atoms with Gasteiger partial charge in [-0.1, -0.05) is 13.3 Å². The summed E-state index contributed by atoms with van der Waals surface area (Å²) in [4.78, 5) is 11.5. The number of nitrogens with two attached hydrogens (primary N) is 1. The maximum absolute atomic E-state index is 11.5. The van der Waals surface area contributed by atoms with Gasteiger partial charge in [-0.2, -0.15) is 0 Å². The largest absolute Gasteiger partial charge is 0.478 e. The van der Waals surface area contributed by atoms with Crippen LogP contribution in [-0.2, 0) is 13.0 Å². The lowest BCUT2D eigenvalue weighted by Gasteiger charge is -2.11. The summed E-state index contributed by atoms with van der Waals surface area (Å²) in [6, 6.07) is 1.80. The number of carboxylic acids is 1. The first-order valence-corrected chi connectivity index (χ1v) is 8.06. The molecule has 0 saturated carbocycles. The minimum Gasteiger partial charge on any atom is -0.478 e. The molecule has 2 rings (SSSR count). The molecule has 0 amide bonds. The quantitative estimate of drug-likeness (QED) is 0.820. The molecule has 0 unspecified atom stereocenters. The van der Waals surface area contributed by atoms with Crippen LogP contribution in [0.3, 0.4) is 0 Å². The van der Waals surface area contributed by atoms with Crippen molar-refractivity contribution in [1.82, 2.24) is 4.57 Å². The van der Waals surface area contributed by atoms with E-state index in [2.05, 4.69) is 17.7 Å². The van der Waals surface area contributed by atoms with Gasteiger partial charge in [0.15, 0.2) is 0 Å². The number of rotatable bonds is 7. The number of fused-ring (bicyclic) bond motifs is 1. The van der Waals surface area contributed by atoms with E-state index in [0.717, 1.165) is 48.7 Å². The van der Waals surface area contributed by atoms with Crippen LogP contribution in [0.15, 0.2) is 12.3 Å². The SMILES string of the molecule is CCCCn1cc(CCCN)c2c(C)c(C(=O)O)cc(C)c21. The first-order chi connectivity index (χ1) is 10.5. The summed E-state index contributed by atoms with van der Waals surface area (Å²) in [5, 5.41) is 10.6. The molecule has 0 bridgehead atoms. The van der Waals surface area contributed by atoms with Gasteiger partial charge < -0.3 is 15.4 Å². The number of unbranched alkanes of at least 4 members (excludes halogenated alkanes) is 1. The van der Waals surface area contributed by atoms with E-state index in [0.29, 0.717) is 12.1 Å². The van der Waals surface area contributed by atoms with Crippen molar-refractivity contribution in [1.29, 1.82) is 0 Å². The molecule has 1 heterocycles. The van der Waals surface area contributed by atoms with Gasteiger partial charge in [0.05, 0.1) is 11.1 Å². The second-order valence-corrected chi connectivity index (χ2v) is 5.99. The van der Waals surface area contributed by atoms with Gasteiger partial charge in [0.2, 0.25) is 0 Å². The van der Waals surface area contributed by atoms with E-state index in [9.17, 15) is 9.90 Å². The summed E-state index contributed by atoms with van der Waals surface area (Å²) in [5.74, 6) is -0.853. The number of aryl methyl sites for hydroxylation is 4. The second-order valence-electron chi connectivity index (χ2n) is 5.99. The Morgan fingerprint density at radius 2 is 2.05 bits per heavy atom. The third kappa shape index (κ3) is 3.02. The number of aromatic carboxylic acids is 1. The van der Waals surface area contributed by atoms with E-state index < -0.39 is 5.97 Å². The average molecular weight is 302 g/mol. The van der Waals surface area contributed by atoms with Gasteiger partial charge in [-0.3, -0.25) is 0 Å². The Morgan fingerprint density at radius 3 is 2.64 bits per heavy atom. The number of hydrogen-bond donors (Lipinski definition) is 2. The molecule has 0 radical (unpaired) electrons. The molecule has 1 aromatic carbocycles. The van der Waals surface area contributed by atoms with E-state index in [1.165, 1.54) is 11.1 Å². The summed E-state index contributed by atoms with van der Waals surface area (Å²) >= 11 is 0. The van der Waals surface area contributed by atoms with Crippen molar-refractivity contribution >= 4 is 16.9 Å². The van der Waals surface area contributed by atoms with Crippen LogP contribution in [0, 0.1) is 13.8 Å². The average Bonchev–Trinajstić information content (AvgIpc) is 2.85. The van der Waals surface area contributed by atoms with Crippen molar-refractivity contribution < 1.29 is 9.90 Å². The van der Waals surface area contributed by atoms with E-state index in [4.69, 9.17) is 5.73 Å². The molecule has 0 aliphatic carbocycles. The van der Waals surface area contributed by atoms with E-state index in [-0.39, 0.29) is 0 Å². The third-order valence-corrected chi connectivity index (χ3v) is 4.30. The van der Waals surface area contributed by atoms with Crippen LogP contribution in [0.5, 0.6) is 0 Å². The fraction of sp³-hybridized carbons (Fsp3) is 0.500. The highest BCUT2D eigenvalue weighted by Gasteiger charge is 2.18. The Balaban J connectivity index is 2.68. The molecular formula is C18H26N2O2. The summed E-state index contributed by atoms with van der Waals surface area (Å²) < 4.78 is 2.29. The third-order valence-electron chi connectivity index (χ3n) is 4.30. The molecule has 22 heavy (non-hydrogen) atoms. The molecule has 0 saturated heterocycles. The minimum atomic E-state index is -0.853. The molecule has 0 aliphatic heterocycles. The van der Waals surface area contributed by atoms with Crippen molar-refractivity contribution in [2.24, 2.45) is 5.73 Å². The number of nitrogens with zero attached hydrogens (tertiary/aromatic N) is 1. The zero-order chi connectivity index (χ0) is 16.3. The Labute approximate surface area is 131 Å². The number of carboxylic acid groups (broad SMARTS) is 1. The van der Waals surface area contributed by atoms with Crippen molar-refractivity contribution in [3.8, 4) is 0 Å². The van der Waals surface area contributed by atoms with Crippen molar-refractivity contribution in [3.63, 3.8) is 0 Å². The lowest BCUT2D eigenvalue weighted by molar-refractivity contribution is 0.0696. The van der Waals surface area contributed by atoms with Crippen LogP contribution in [0.25, 0.3) is 10.9 Å². The van der Waals surface area contributed by atoms with Crippen molar-refractivity contribution in [2.75, 3.05) is 6.54 Å². The topological polar surface area (TPSA) is 68.2 Å². The first kappa shape index (κ1) is 16.6. The first-order valence-electron chi connectivity index (χ1n) is 8.06. The van der Waals surface area contributed by atoms with Gasteiger partial charge in [0.25, 0.3) is 0 Å². The van der Waals surface area contributed by atoms with Crippen LogP contribution in [-0.4, -0.2) is 22.2 Å². The molecule has 0 spiro atoms. The molecule has 4 heteroatoms. The summed E-state index contributed by atoms with van der Waals surface area (Å²) in [6.07, 6.45) is 6.28. The predicted molar refractivity (Wildman–Crippen MR) is 90.7 cm³/mol. The molecule has 0 atom stereocenters. The highest BCUT2D eigenvalue weighted by molar-refractivity contribution is 5.99. The molecule has 3 N–H and O–H groups in total. The summed E-state index contributed by atoms with van der Waals surface area (Å²) in [7, 11) is 0. The molecule has 1 aromatic heterocycles. The molecular weight excluding hydrogens is 276 g/mol. The fourth-order valence-corrected chi connectivity index (χ4v) is 3.19. The zero-order valence-corrected chi connectivity index (χ0v) is 13.8. The Hall–Kier alpha value is -1.81. The van der Waals surface area contributed by atoms with Gasteiger partial charge in [-0.15, -0.1) is 0 Å². The summed E-state index contributed by atoms with van der Waals surface area (Å²) in [6.45, 7) is 7.73. The smallest absolute Gasteiger partial charge is 0.335 e.